The zero-order chi connectivity index (χ0) is 20.4. The number of halogens is 1. The van der Waals surface area contributed by atoms with Crippen LogP contribution in [0.2, 0.25) is 5.02 Å². The molecule has 1 aliphatic carbocycles. The van der Waals surface area contributed by atoms with Crippen molar-refractivity contribution in [1.82, 2.24) is 0 Å². The number of carbonyl (C=O) groups is 3. The molecule has 0 saturated heterocycles. The predicted octanol–water partition coefficient (Wildman–Crippen LogP) is 4.13. The van der Waals surface area contributed by atoms with Gasteiger partial charge in [0.05, 0.1) is 22.5 Å². The Morgan fingerprint density at radius 1 is 0.893 bits per heavy atom. The molecule has 3 rings (SSSR count). The van der Waals surface area contributed by atoms with E-state index in [9.17, 15) is 14.4 Å². The molecule has 1 fully saturated rings. The second-order valence-electron chi connectivity index (χ2n) is 7.12. The van der Waals surface area contributed by atoms with Gasteiger partial charge in [-0.15, -0.1) is 0 Å². The van der Waals surface area contributed by atoms with E-state index < -0.39 is 0 Å². The van der Waals surface area contributed by atoms with Gasteiger partial charge in [0.2, 0.25) is 17.7 Å². The first-order valence-electron chi connectivity index (χ1n) is 9.00. The van der Waals surface area contributed by atoms with Crippen LogP contribution in [0.25, 0.3) is 0 Å². The van der Waals surface area contributed by atoms with Crippen LogP contribution in [-0.2, 0) is 14.4 Å². The lowest BCUT2D eigenvalue weighted by molar-refractivity contribution is -0.122. The van der Waals surface area contributed by atoms with Gasteiger partial charge in [-0.05, 0) is 61.7 Å². The van der Waals surface area contributed by atoms with Crippen molar-refractivity contribution in [3.8, 4) is 0 Å². The first-order chi connectivity index (χ1) is 13.2. The van der Waals surface area contributed by atoms with Crippen molar-refractivity contribution in [3.05, 3.63) is 52.5 Å². The van der Waals surface area contributed by atoms with E-state index in [-0.39, 0.29) is 29.6 Å². The minimum atomic E-state index is -0.365. The van der Waals surface area contributed by atoms with Crippen LogP contribution in [0, 0.1) is 25.7 Å². The van der Waals surface area contributed by atoms with E-state index in [1.54, 1.807) is 30.3 Å². The van der Waals surface area contributed by atoms with E-state index >= 15 is 0 Å². The second-order valence-corrected chi connectivity index (χ2v) is 7.53. The van der Waals surface area contributed by atoms with Crippen molar-refractivity contribution in [1.29, 1.82) is 0 Å². The number of benzene rings is 2. The van der Waals surface area contributed by atoms with E-state index in [1.807, 2.05) is 19.9 Å². The molecule has 6 nitrogen and oxygen atoms in total. The third kappa shape index (κ3) is 4.70. The van der Waals surface area contributed by atoms with Crippen LogP contribution in [-0.4, -0.2) is 17.7 Å². The highest BCUT2D eigenvalue weighted by atomic mass is 35.5. The number of rotatable bonds is 5. The molecule has 1 aliphatic rings. The second kappa shape index (κ2) is 8.02. The first-order valence-corrected chi connectivity index (χ1v) is 9.38. The summed E-state index contributed by atoms with van der Waals surface area (Å²) in [4.78, 5) is 35.9. The minimum Gasteiger partial charge on any atom is -0.326 e. The SMILES string of the molecule is CC(=O)Nc1ccc(NC(=O)C2CC2C(=O)Nc2c(C)cc(C)cc2Cl)cc1. The van der Waals surface area contributed by atoms with Gasteiger partial charge in [0.25, 0.3) is 0 Å². The number of hydrogen-bond acceptors (Lipinski definition) is 3. The van der Waals surface area contributed by atoms with E-state index in [2.05, 4.69) is 16.0 Å². The predicted molar refractivity (Wildman–Crippen MR) is 111 cm³/mol. The molecule has 2 aromatic rings. The Bertz CT molecular complexity index is 917. The highest BCUT2D eigenvalue weighted by molar-refractivity contribution is 6.34. The summed E-state index contributed by atoms with van der Waals surface area (Å²) in [5.74, 6) is -1.28. The molecule has 0 aromatic heterocycles. The van der Waals surface area contributed by atoms with Gasteiger partial charge < -0.3 is 16.0 Å². The summed E-state index contributed by atoms with van der Waals surface area (Å²) in [6.07, 6.45) is 0.504. The molecule has 7 heteroatoms. The summed E-state index contributed by atoms with van der Waals surface area (Å²) < 4.78 is 0. The van der Waals surface area contributed by atoms with Crippen LogP contribution in [0.15, 0.2) is 36.4 Å². The van der Waals surface area contributed by atoms with Crippen LogP contribution in [0.3, 0.4) is 0 Å². The average Bonchev–Trinajstić information content (AvgIpc) is 3.40. The molecular formula is C21H22ClN3O3. The summed E-state index contributed by atoms with van der Waals surface area (Å²) in [6.45, 7) is 5.25. The smallest absolute Gasteiger partial charge is 0.228 e. The lowest BCUT2D eigenvalue weighted by Gasteiger charge is -2.11. The normalized spacial score (nSPS) is 17.6. The van der Waals surface area contributed by atoms with E-state index in [0.29, 0.717) is 28.5 Å². The minimum absolute atomic E-state index is 0.160. The fourth-order valence-corrected chi connectivity index (χ4v) is 3.51. The molecule has 2 atom stereocenters. The Hall–Kier alpha value is -2.86. The molecule has 1 saturated carbocycles. The topological polar surface area (TPSA) is 87.3 Å². The Morgan fingerprint density at radius 2 is 1.43 bits per heavy atom. The maximum atomic E-state index is 12.5. The van der Waals surface area contributed by atoms with Gasteiger partial charge in [-0.25, -0.2) is 0 Å². The van der Waals surface area contributed by atoms with Crippen LogP contribution in [0.5, 0.6) is 0 Å². The quantitative estimate of drug-likeness (QED) is 0.706. The molecule has 0 radical (unpaired) electrons. The molecule has 2 aromatic carbocycles. The number of nitrogens with one attached hydrogen (secondary N) is 3. The monoisotopic (exact) mass is 399 g/mol. The Morgan fingerprint density at radius 3 is 1.96 bits per heavy atom. The maximum absolute atomic E-state index is 12.5. The Labute approximate surface area is 168 Å². The standard InChI is InChI=1S/C21H22ClN3O3/c1-11-8-12(2)19(18(22)9-11)25-21(28)17-10-16(17)20(27)24-15-6-4-14(5-7-15)23-13(3)26/h4-9,16-17H,10H2,1-3H3,(H,23,26)(H,24,27)(H,25,28). The summed E-state index contributed by atoms with van der Waals surface area (Å²) in [5.41, 5.74) is 3.77. The van der Waals surface area contributed by atoms with Gasteiger partial charge in [0.15, 0.2) is 0 Å². The van der Waals surface area contributed by atoms with Crippen molar-refractivity contribution in [3.63, 3.8) is 0 Å². The molecule has 0 bridgehead atoms. The molecule has 0 aliphatic heterocycles. The molecule has 146 valence electrons. The maximum Gasteiger partial charge on any atom is 0.228 e. The first kappa shape index (κ1) is 19.9. The number of amides is 3. The van der Waals surface area contributed by atoms with Crippen molar-refractivity contribution >= 4 is 46.4 Å². The molecule has 3 amide bonds. The number of hydrogen-bond donors (Lipinski definition) is 3. The summed E-state index contributed by atoms with van der Waals surface area (Å²) in [5, 5.41) is 8.81. The zero-order valence-electron chi connectivity index (χ0n) is 15.9. The van der Waals surface area contributed by atoms with Crippen LogP contribution in [0.4, 0.5) is 17.1 Å². The van der Waals surface area contributed by atoms with Crippen LogP contribution >= 0.6 is 11.6 Å². The molecule has 0 heterocycles. The highest BCUT2D eigenvalue weighted by Gasteiger charge is 2.48. The van der Waals surface area contributed by atoms with Crippen molar-refractivity contribution in [2.45, 2.75) is 27.2 Å². The fourth-order valence-electron chi connectivity index (χ4n) is 3.14. The van der Waals surface area contributed by atoms with E-state index in [1.165, 1.54) is 6.92 Å². The molecular weight excluding hydrogens is 378 g/mol. The lowest BCUT2D eigenvalue weighted by atomic mass is 10.1. The van der Waals surface area contributed by atoms with Crippen molar-refractivity contribution in [2.24, 2.45) is 11.8 Å². The fraction of sp³-hybridized carbons (Fsp3) is 0.286. The third-order valence-corrected chi connectivity index (χ3v) is 4.91. The number of anilines is 3. The molecule has 3 N–H and O–H groups in total. The van der Waals surface area contributed by atoms with Crippen molar-refractivity contribution in [2.75, 3.05) is 16.0 Å². The number of carbonyl (C=O) groups excluding carboxylic acids is 3. The van der Waals surface area contributed by atoms with Gasteiger partial charge >= 0.3 is 0 Å². The van der Waals surface area contributed by atoms with Gasteiger partial charge in [-0.3, -0.25) is 14.4 Å². The Balaban J connectivity index is 1.56. The summed E-state index contributed by atoms with van der Waals surface area (Å²) in [7, 11) is 0. The number of aryl methyl sites for hydroxylation is 2. The van der Waals surface area contributed by atoms with Crippen molar-refractivity contribution < 1.29 is 14.4 Å². The van der Waals surface area contributed by atoms with E-state index in [4.69, 9.17) is 11.6 Å². The van der Waals surface area contributed by atoms with Gasteiger partial charge in [-0.1, -0.05) is 17.7 Å². The molecule has 28 heavy (non-hydrogen) atoms. The van der Waals surface area contributed by atoms with E-state index in [0.717, 1.165) is 11.1 Å². The van der Waals surface area contributed by atoms with Gasteiger partial charge in [0, 0.05) is 18.3 Å². The molecule has 0 spiro atoms. The largest absolute Gasteiger partial charge is 0.326 e. The summed E-state index contributed by atoms with van der Waals surface area (Å²) >= 11 is 6.23. The highest BCUT2D eigenvalue weighted by Crippen LogP contribution is 2.41. The van der Waals surface area contributed by atoms with Crippen LogP contribution in [0.1, 0.15) is 24.5 Å². The summed E-state index contributed by atoms with van der Waals surface area (Å²) in [6, 6.07) is 10.6. The Kier molecular flexibility index (Phi) is 5.70. The third-order valence-electron chi connectivity index (χ3n) is 4.62. The van der Waals surface area contributed by atoms with Crippen LogP contribution < -0.4 is 16.0 Å². The zero-order valence-corrected chi connectivity index (χ0v) is 16.7. The average molecular weight is 400 g/mol. The van der Waals surface area contributed by atoms with Gasteiger partial charge in [0.1, 0.15) is 0 Å². The lowest BCUT2D eigenvalue weighted by Crippen LogP contribution is -2.21. The van der Waals surface area contributed by atoms with Gasteiger partial charge in [-0.2, -0.15) is 0 Å². The molecule has 2 unspecified atom stereocenters.